The fraction of sp³-hybridized carbons (Fsp3) is 0.333. The molecule has 10 heteroatoms. The Morgan fingerprint density at radius 1 is 1.21 bits per heavy atom. The first-order valence-corrected chi connectivity index (χ1v) is 9.05. The number of pyridine rings is 1. The van der Waals surface area contributed by atoms with Gasteiger partial charge in [-0.05, 0) is 29.8 Å². The van der Waals surface area contributed by atoms with E-state index in [0.717, 1.165) is 11.4 Å². The Labute approximate surface area is 172 Å². The van der Waals surface area contributed by atoms with Gasteiger partial charge in [0.15, 0.2) is 5.96 Å². The van der Waals surface area contributed by atoms with Crippen LogP contribution in [0, 0.1) is 0 Å². The smallest absolute Gasteiger partial charge is 0.387 e. The number of halogens is 4. The summed E-state index contributed by atoms with van der Waals surface area (Å²) >= 11 is 12.0. The zero-order chi connectivity index (χ0) is 20.7. The molecule has 6 nitrogen and oxygen atoms in total. The molecule has 0 saturated heterocycles. The maximum absolute atomic E-state index is 12.7. The van der Waals surface area contributed by atoms with Gasteiger partial charge in [0.25, 0.3) is 0 Å². The third-order valence-electron chi connectivity index (χ3n) is 3.69. The first-order valence-electron chi connectivity index (χ1n) is 8.29. The summed E-state index contributed by atoms with van der Waals surface area (Å²) in [6, 6.07) is 6.70. The molecule has 0 aliphatic heterocycles. The first-order chi connectivity index (χ1) is 13.3. The van der Waals surface area contributed by atoms with E-state index in [0.29, 0.717) is 23.1 Å². The maximum Gasteiger partial charge on any atom is 0.387 e. The molecule has 1 aromatic heterocycles. The summed E-state index contributed by atoms with van der Waals surface area (Å²) in [6.07, 6.45) is 1.73. The summed E-state index contributed by atoms with van der Waals surface area (Å²) < 4.78 is 29.9. The molecule has 0 saturated carbocycles. The van der Waals surface area contributed by atoms with Crippen LogP contribution in [0.2, 0.25) is 10.0 Å². The Hall–Kier alpha value is -2.32. The van der Waals surface area contributed by atoms with Crippen LogP contribution in [0.4, 0.5) is 14.6 Å². The Morgan fingerprint density at radius 2 is 1.93 bits per heavy atom. The van der Waals surface area contributed by atoms with Gasteiger partial charge in [-0.2, -0.15) is 8.78 Å². The van der Waals surface area contributed by atoms with Crippen molar-refractivity contribution in [3.63, 3.8) is 0 Å². The number of anilines is 1. The summed E-state index contributed by atoms with van der Waals surface area (Å²) in [7, 11) is 5.43. The molecule has 0 fully saturated rings. The minimum absolute atomic E-state index is 0.0144. The number of aliphatic imine (C=N–C) groups is 1. The van der Waals surface area contributed by atoms with E-state index in [1.807, 2.05) is 31.1 Å². The monoisotopic (exact) mass is 431 g/mol. The van der Waals surface area contributed by atoms with E-state index in [1.54, 1.807) is 13.2 Å². The molecule has 2 rings (SSSR count). The average molecular weight is 432 g/mol. The first kappa shape index (κ1) is 22.0. The summed E-state index contributed by atoms with van der Waals surface area (Å²) in [6.45, 7) is -2.35. The molecule has 0 unspecified atom stereocenters. The van der Waals surface area contributed by atoms with Crippen LogP contribution in [0.1, 0.15) is 11.1 Å². The van der Waals surface area contributed by atoms with Crippen LogP contribution in [0.3, 0.4) is 0 Å². The minimum Gasteiger partial charge on any atom is -0.433 e. The third kappa shape index (κ3) is 6.38. The van der Waals surface area contributed by atoms with Gasteiger partial charge in [0.1, 0.15) is 11.6 Å². The predicted octanol–water partition coefficient (Wildman–Crippen LogP) is 3.92. The van der Waals surface area contributed by atoms with Crippen LogP contribution in [-0.4, -0.2) is 38.7 Å². The number of benzene rings is 1. The minimum atomic E-state index is -2.99. The maximum atomic E-state index is 12.7. The lowest BCUT2D eigenvalue weighted by atomic mass is 10.2. The number of ether oxygens (including phenoxy) is 1. The fourth-order valence-electron chi connectivity index (χ4n) is 2.37. The average Bonchev–Trinajstić information content (AvgIpc) is 2.64. The topological polar surface area (TPSA) is 61.8 Å². The Morgan fingerprint density at radius 3 is 2.57 bits per heavy atom. The van der Waals surface area contributed by atoms with Crippen molar-refractivity contribution >= 4 is 35.0 Å². The van der Waals surface area contributed by atoms with Crippen LogP contribution in [0.5, 0.6) is 5.75 Å². The van der Waals surface area contributed by atoms with E-state index >= 15 is 0 Å². The zero-order valence-electron chi connectivity index (χ0n) is 15.6. The highest BCUT2D eigenvalue weighted by Gasteiger charge is 2.15. The summed E-state index contributed by atoms with van der Waals surface area (Å²) in [4.78, 5) is 10.3. The van der Waals surface area contributed by atoms with Crippen molar-refractivity contribution in [1.29, 1.82) is 0 Å². The van der Waals surface area contributed by atoms with Crippen molar-refractivity contribution in [3.8, 4) is 5.75 Å². The van der Waals surface area contributed by atoms with E-state index in [9.17, 15) is 8.78 Å². The molecule has 0 aliphatic rings. The van der Waals surface area contributed by atoms with Crippen LogP contribution in [0.15, 0.2) is 35.5 Å². The second-order valence-corrected chi connectivity index (χ2v) is 6.79. The molecule has 2 aromatic rings. The molecule has 152 valence electrons. The molecule has 0 amide bonds. The van der Waals surface area contributed by atoms with Gasteiger partial charge in [-0.3, -0.25) is 4.99 Å². The second kappa shape index (κ2) is 10.3. The van der Waals surface area contributed by atoms with Crippen molar-refractivity contribution in [2.75, 3.05) is 26.0 Å². The van der Waals surface area contributed by atoms with Gasteiger partial charge in [-0.1, -0.05) is 23.2 Å². The molecule has 0 bridgehead atoms. The van der Waals surface area contributed by atoms with Crippen molar-refractivity contribution in [1.82, 2.24) is 15.6 Å². The largest absolute Gasteiger partial charge is 0.433 e. The van der Waals surface area contributed by atoms with Crippen molar-refractivity contribution in [3.05, 3.63) is 51.6 Å². The summed E-state index contributed by atoms with van der Waals surface area (Å²) in [5, 5.41) is 6.51. The van der Waals surface area contributed by atoms with Gasteiger partial charge in [0.05, 0.1) is 5.02 Å². The number of nitrogens with one attached hydrogen (secondary N) is 2. The number of nitrogens with zero attached hydrogens (tertiary/aromatic N) is 3. The van der Waals surface area contributed by atoms with Gasteiger partial charge in [-0.15, -0.1) is 0 Å². The molecule has 28 heavy (non-hydrogen) atoms. The molecule has 0 aliphatic carbocycles. The number of guanidine groups is 1. The molecule has 0 atom stereocenters. The van der Waals surface area contributed by atoms with Crippen molar-refractivity contribution in [2.24, 2.45) is 4.99 Å². The highest BCUT2D eigenvalue weighted by molar-refractivity contribution is 6.35. The van der Waals surface area contributed by atoms with E-state index in [1.165, 1.54) is 12.1 Å². The number of hydrogen-bond donors (Lipinski definition) is 2. The number of alkyl halides is 2. The van der Waals surface area contributed by atoms with Gasteiger partial charge >= 0.3 is 6.61 Å². The van der Waals surface area contributed by atoms with E-state index in [2.05, 4.69) is 25.3 Å². The number of aromatic nitrogens is 1. The molecule has 0 radical (unpaired) electrons. The van der Waals surface area contributed by atoms with Crippen molar-refractivity contribution < 1.29 is 13.5 Å². The number of hydrogen-bond acceptors (Lipinski definition) is 4. The molecular formula is C18H21Cl2F2N5O. The van der Waals surface area contributed by atoms with Crippen LogP contribution in [0.25, 0.3) is 0 Å². The van der Waals surface area contributed by atoms with E-state index in [-0.39, 0.29) is 17.3 Å². The zero-order valence-corrected chi connectivity index (χ0v) is 17.2. The summed E-state index contributed by atoms with van der Waals surface area (Å²) in [5.74, 6) is 1.20. The fourth-order valence-corrected chi connectivity index (χ4v) is 2.95. The predicted molar refractivity (Wildman–Crippen MR) is 109 cm³/mol. The quantitative estimate of drug-likeness (QED) is 0.513. The van der Waals surface area contributed by atoms with Crippen LogP contribution < -0.4 is 20.3 Å². The van der Waals surface area contributed by atoms with Gasteiger partial charge in [0.2, 0.25) is 0 Å². The molecule has 2 N–H and O–H groups in total. The molecule has 0 spiro atoms. The Bertz CT molecular complexity index is 834. The molecule has 1 aromatic carbocycles. The molecule has 1 heterocycles. The van der Waals surface area contributed by atoms with E-state index < -0.39 is 6.61 Å². The second-order valence-electron chi connectivity index (χ2n) is 5.95. The van der Waals surface area contributed by atoms with Crippen molar-refractivity contribution in [2.45, 2.75) is 19.7 Å². The summed E-state index contributed by atoms with van der Waals surface area (Å²) in [5.41, 5.74) is 1.40. The lowest BCUT2D eigenvalue weighted by Gasteiger charge is -2.16. The SMILES string of the molecule is CN=C(NCc1ccnc(N(C)C)c1)NCc1cc(Cl)cc(Cl)c1OC(F)F. The van der Waals surface area contributed by atoms with Gasteiger partial charge < -0.3 is 20.3 Å². The Kier molecular flexibility index (Phi) is 8.07. The highest BCUT2D eigenvalue weighted by Crippen LogP contribution is 2.33. The van der Waals surface area contributed by atoms with Crippen LogP contribution in [-0.2, 0) is 13.1 Å². The standard InChI is InChI=1S/C18H21Cl2F2N5O/c1-23-18(25-9-11-4-5-24-15(6-11)27(2)3)26-10-12-7-13(19)8-14(20)16(12)28-17(21)22/h4-8,17H,9-10H2,1-3H3,(H2,23,25,26). The lowest BCUT2D eigenvalue weighted by molar-refractivity contribution is -0.0504. The Balaban J connectivity index is 2.04. The third-order valence-corrected chi connectivity index (χ3v) is 4.19. The highest BCUT2D eigenvalue weighted by atomic mass is 35.5. The normalized spacial score (nSPS) is 11.5. The molecular weight excluding hydrogens is 411 g/mol. The number of rotatable bonds is 7. The van der Waals surface area contributed by atoms with E-state index in [4.69, 9.17) is 23.2 Å². The van der Waals surface area contributed by atoms with Gasteiger partial charge in [0, 0.05) is 51.0 Å². The lowest BCUT2D eigenvalue weighted by Crippen LogP contribution is -2.36. The van der Waals surface area contributed by atoms with Crippen LogP contribution >= 0.6 is 23.2 Å². The van der Waals surface area contributed by atoms with Gasteiger partial charge in [-0.25, -0.2) is 4.98 Å².